The molecule has 6 nitrogen and oxygen atoms in total. The van der Waals surface area contributed by atoms with Gasteiger partial charge in [0.05, 0.1) is 11.6 Å². The number of carboxylic acids is 2. The monoisotopic (exact) mass is 259 g/mol. The molecular weight excluding hydrogens is 246 g/mol. The van der Waals surface area contributed by atoms with Crippen molar-refractivity contribution in [1.29, 1.82) is 0 Å². The Morgan fingerprint density at radius 2 is 2.06 bits per heavy atom. The van der Waals surface area contributed by atoms with Gasteiger partial charge in [-0.2, -0.15) is 0 Å². The summed E-state index contributed by atoms with van der Waals surface area (Å²) in [4.78, 5) is 26.7. The molecule has 0 spiro atoms. The predicted molar refractivity (Wildman–Crippen MR) is 60.0 cm³/mol. The fraction of sp³-hybridized carbons (Fsp3) is 0.500. The molecule has 0 fully saturated rings. The van der Waals surface area contributed by atoms with E-state index in [1.54, 1.807) is 13.8 Å². The molecule has 1 heterocycles. The molecule has 0 aromatic carbocycles. The molecule has 0 unspecified atom stereocenters. The van der Waals surface area contributed by atoms with Gasteiger partial charge in [0.2, 0.25) is 0 Å². The molecule has 94 valence electrons. The molecule has 0 aliphatic carbocycles. The van der Waals surface area contributed by atoms with Crippen LogP contribution in [0.1, 0.15) is 18.7 Å². The van der Waals surface area contributed by atoms with E-state index in [0.717, 1.165) is 0 Å². The van der Waals surface area contributed by atoms with Crippen LogP contribution in [0.4, 0.5) is 0 Å². The zero-order chi connectivity index (χ0) is 13.1. The van der Waals surface area contributed by atoms with Crippen LogP contribution in [-0.4, -0.2) is 38.8 Å². The lowest BCUT2D eigenvalue weighted by Gasteiger charge is -2.26. The van der Waals surface area contributed by atoms with Crippen LogP contribution in [0.3, 0.4) is 0 Å². The van der Waals surface area contributed by atoms with Gasteiger partial charge in [0, 0.05) is 17.5 Å². The highest BCUT2D eigenvalue weighted by molar-refractivity contribution is 7.09. The first-order valence-electron chi connectivity index (χ1n) is 4.90. The van der Waals surface area contributed by atoms with Crippen LogP contribution >= 0.6 is 11.3 Å². The molecule has 0 amide bonds. The van der Waals surface area contributed by atoms with Crippen molar-refractivity contribution < 1.29 is 24.5 Å². The average Bonchev–Trinajstić information content (AvgIpc) is 2.67. The number of hydrogen-bond donors (Lipinski definition) is 2. The smallest absolute Gasteiger partial charge is 0.348 e. The van der Waals surface area contributed by atoms with Crippen LogP contribution in [0.25, 0.3) is 0 Å². The summed E-state index contributed by atoms with van der Waals surface area (Å²) in [7, 11) is 0. The number of rotatable bonds is 6. The Bertz CT molecular complexity index is 387. The standard InChI is InChI=1S/C10H13NO5S/c1-6(2)16-10(8(12)13,9(14)15)3-7-4-11-5-17-7/h4-6H,3H2,1-2H3,(H,12,13)(H,14,15). The molecule has 0 aliphatic heterocycles. The fourth-order valence-electron chi connectivity index (χ4n) is 1.36. The summed E-state index contributed by atoms with van der Waals surface area (Å²) in [6.07, 6.45) is 0.699. The number of aromatic nitrogens is 1. The third-order valence-corrected chi connectivity index (χ3v) is 2.81. The van der Waals surface area contributed by atoms with Gasteiger partial charge in [-0.25, -0.2) is 9.59 Å². The summed E-state index contributed by atoms with van der Waals surface area (Å²) in [6, 6.07) is 0. The Morgan fingerprint density at radius 1 is 1.47 bits per heavy atom. The second-order valence-electron chi connectivity index (χ2n) is 3.75. The molecule has 7 heteroatoms. The van der Waals surface area contributed by atoms with E-state index < -0.39 is 23.6 Å². The molecule has 2 N–H and O–H groups in total. The lowest BCUT2D eigenvalue weighted by atomic mass is 9.98. The van der Waals surface area contributed by atoms with Crippen molar-refractivity contribution in [2.24, 2.45) is 0 Å². The average molecular weight is 259 g/mol. The summed E-state index contributed by atoms with van der Waals surface area (Å²) in [5.74, 6) is -3.01. The zero-order valence-electron chi connectivity index (χ0n) is 9.41. The number of hydrogen-bond acceptors (Lipinski definition) is 5. The van der Waals surface area contributed by atoms with Crippen molar-refractivity contribution >= 4 is 23.3 Å². The van der Waals surface area contributed by atoms with E-state index in [0.29, 0.717) is 4.88 Å². The van der Waals surface area contributed by atoms with Gasteiger partial charge in [0.25, 0.3) is 5.60 Å². The zero-order valence-corrected chi connectivity index (χ0v) is 10.2. The summed E-state index contributed by atoms with van der Waals surface area (Å²) >= 11 is 1.19. The van der Waals surface area contributed by atoms with E-state index >= 15 is 0 Å². The van der Waals surface area contributed by atoms with Gasteiger partial charge in [-0.15, -0.1) is 11.3 Å². The minimum atomic E-state index is -2.25. The summed E-state index contributed by atoms with van der Waals surface area (Å²) in [5.41, 5.74) is -0.736. The van der Waals surface area contributed by atoms with Crippen molar-refractivity contribution in [2.75, 3.05) is 0 Å². The van der Waals surface area contributed by atoms with Crippen LogP contribution in [-0.2, 0) is 20.7 Å². The highest BCUT2D eigenvalue weighted by atomic mass is 32.1. The second-order valence-corrected chi connectivity index (χ2v) is 4.72. The van der Waals surface area contributed by atoms with Crippen molar-refractivity contribution in [3.8, 4) is 0 Å². The van der Waals surface area contributed by atoms with Crippen LogP contribution in [0.2, 0.25) is 0 Å². The normalized spacial score (nSPS) is 11.7. The first kappa shape index (κ1) is 13.6. The van der Waals surface area contributed by atoms with Gasteiger partial charge >= 0.3 is 11.9 Å². The van der Waals surface area contributed by atoms with E-state index in [9.17, 15) is 9.59 Å². The first-order chi connectivity index (χ1) is 7.88. The van der Waals surface area contributed by atoms with Crippen LogP contribution in [0.15, 0.2) is 11.7 Å². The Kier molecular flexibility index (Phi) is 4.19. The van der Waals surface area contributed by atoms with Gasteiger partial charge in [-0.1, -0.05) is 0 Å². The number of ether oxygens (including phenoxy) is 1. The molecule has 0 aliphatic rings. The Hall–Kier alpha value is -1.47. The van der Waals surface area contributed by atoms with Crippen LogP contribution < -0.4 is 0 Å². The third kappa shape index (κ3) is 3.01. The predicted octanol–water partition coefficient (Wildman–Crippen LogP) is 1.02. The van der Waals surface area contributed by atoms with E-state index in [2.05, 4.69) is 4.98 Å². The van der Waals surface area contributed by atoms with Crippen molar-refractivity contribution in [2.45, 2.75) is 32.0 Å². The lowest BCUT2D eigenvalue weighted by molar-refractivity contribution is -0.188. The van der Waals surface area contributed by atoms with E-state index in [1.807, 2.05) is 0 Å². The third-order valence-electron chi connectivity index (χ3n) is 2.03. The molecule has 0 bridgehead atoms. The van der Waals surface area contributed by atoms with E-state index in [1.165, 1.54) is 23.0 Å². The molecule has 17 heavy (non-hydrogen) atoms. The number of carbonyl (C=O) groups is 2. The van der Waals surface area contributed by atoms with E-state index in [4.69, 9.17) is 14.9 Å². The molecule has 1 rings (SSSR count). The van der Waals surface area contributed by atoms with Gasteiger partial charge in [0.15, 0.2) is 0 Å². The topological polar surface area (TPSA) is 96.7 Å². The van der Waals surface area contributed by atoms with Gasteiger partial charge in [0.1, 0.15) is 0 Å². The van der Waals surface area contributed by atoms with Crippen molar-refractivity contribution in [3.05, 3.63) is 16.6 Å². The lowest BCUT2D eigenvalue weighted by Crippen LogP contribution is -2.52. The number of carboxylic acid groups (broad SMARTS) is 2. The highest BCUT2D eigenvalue weighted by Gasteiger charge is 2.49. The quantitative estimate of drug-likeness (QED) is 0.740. The molecule has 1 aromatic rings. The van der Waals surface area contributed by atoms with Crippen molar-refractivity contribution in [1.82, 2.24) is 4.98 Å². The molecule has 0 radical (unpaired) electrons. The maximum atomic E-state index is 11.2. The molecule has 0 saturated heterocycles. The van der Waals surface area contributed by atoms with Gasteiger partial charge in [-0.05, 0) is 13.8 Å². The highest BCUT2D eigenvalue weighted by Crippen LogP contribution is 2.23. The van der Waals surface area contributed by atoms with Crippen LogP contribution in [0, 0.1) is 0 Å². The maximum absolute atomic E-state index is 11.2. The van der Waals surface area contributed by atoms with Crippen LogP contribution in [0.5, 0.6) is 0 Å². The van der Waals surface area contributed by atoms with Gasteiger partial charge in [-0.3, -0.25) is 4.98 Å². The number of nitrogens with zero attached hydrogens (tertiary/aromatic N) is 1. The molecule has 1 aromatic heterocycles. The summed E-state index contributed by atoms with van der Waals surface area (Å²) in [5, 5.41) is 18.2. The van der Waals surface area contributed by atoms with Gasteiger partial charge < -0.3 is 14.9 Å². The number of aliphatic carboxylic acids is 2. The fourth-order valence-corrected chi connectivity index (χ4v) is 2.03. The molecule has 0 saturated carbocycles. The minimum absolute atomic E-state index is 0.236. The molecular formula is C10H13NO5S. The minimum Gasteiger partial charge on any atom is -0.479 e. The summed E-state index contributed by atoms with van der Waals surface area (Å²) < 4.78 is 5.11. The largest absolute Gasteiger partial charge is 0.479 e. The Labute approximate surface area is 102 Å². The second kappa shape index (κ2) is 5.24. The number of thiazole rings is 1. The van der Waals surface area contributed by atoms with Crippen molar-refractivity contribution in [3.63, 3.8) is 0 Å². The van der Waals surface area contributed by atoms with E-state index in [-0.39, 0.29) is 6.42 Å². The first-order valence-corrected chi connectivity index (χ1v) is 5.78. The maximum Gasteiger partial charge on any atom is 0.348 e. The Morgan fingerprint density at radius 3 is 2.41 bits per heavy atom. The molecule has 0 atom stereocenters. The Balaban J connectivity index is 3.06. The SMILES string of the molecule is CC(C)OC(Cc1cncs1)(C(=O)O)C(=O)O. The summed E-state index contributed by atoms with van der Waals surface area (Å²) in [6.45, 7) is 3.18.